The fourth-order valence-electron chi connectivity index (χ4n) is 6.12. The second-order valence-corrected chi connectivity index (χ2v) is 13.1. The summed E-state index contributed by atoms with van der Waals surface area (Å²) in [6, 6.07) is 19.5. The van der Waals surface area contributed by atoms with E-state index in [2.05, 4.69) is 20.6 Å². The fraction of sp³-hybridized carbons (Fsp3) is 0.270. The summed E-state index contributed by atoms with van der Waals surface area (Å²) in [4.78, 5) is 47.2. The molecule has 264 valence electrons. The third kappa shape index (κ3) is 7.99. The molecule has 2 aromatic carbocycles. The normalized spacial score (nSPS) is 14.8. The van der Waals surface area contributed by atoms with Gasteiger partial charge in [-0.05, 0) is 37.6 Å². The molecule has 3 aromatic heterocycles. The van der Waals surface area contributed by atoms with Gasteiger partial charge in [0.15, 0.2) is 0 Å². The predicted octanol–water partition coefficient (Wildman–Crippen LogP) is 5.63. The highest BCUT2D eigenvalue weighted by molar-refractivity contribution is 6.39. The van der Waals surface area contributed by atoms with Gasteiger partial charge in [-0.15, -0.1) is 0 Å². The Bertz CT molecular complexity index is 2170. The Balaban J connectivity index is 1.28. The number of fused-ring (bicyclic) bond motifs is 1. The molecule has 1 saturated heterocycles. The van der Waals surface area contributed by atoms with E-state index in [0.29, 0.717) is 86.4 Å². The standard InChI is InChI=1S/C37H36Cl2N6O6/c1-21(46)16-40-17-25-15-33(48)45-19-22(10-13-31(45)41-25)26-5-3-6-27(34(26)38)28-7-4-8-29(35(28)39)30-12-9-23(36(43-30)51-2)18-44(37(49)50)20-24-11-14-32(47)42-24/h3-10,12-13,15,19,21,24,40,46H,11,14,16-18,20H2,1-2H3,(H,42,47)(H,49,50)/t21-,24-/m0/s1. The summed E-state index contributed by atoms with van der Waals surface area (Å²) in [7, 11) is 1.47. The first-order chi connectivity index (χ1) is 24.5. The number of carbonyl (C=O) groups excluding carboxylic acids is 1. The van der Waals surface area contributed by atoms with Gasteiger partial charge in [0.2, 0.25) is 11.8 Å². The van der Waals surface area contributed by atoms with Gasteiger partial charge in [0.05, 0.1) is 41.2 Å². The molecule has 14 heteroatoms. The minimum atomic E-state index is -1.11. The number of nitrogens with zero attached hydrogens (tertiary/aromatic N) is 4. The Labute approximate surface area is 303 Å². The lowest BCUT2D eigenvalue weighted by Gasteiger charge is -2.23. The number of aliphatic hydroxyl groups is 1. The van der Waals surface area contributed by atoms with Crippen LogP contribution in [-0.4, -0.2) is 73.8 Å². The molecule has 2 atom stereocenters. The third-order valence-corrected chi connectivity index (χ3v) is 9.44. The summed E-state index contributed by atoms with van der Waals surface area (Å²) in [5.74, 6) is 0.164. The quantitative estimate of drug-likeness (QED) is 0.128. The number of aromatic nitrogens is 3. The van der Waals surface area contributed by atoms with Crippen LogP contribution in [0.1, 0.15) is 31.0 Å². The molecule has 2 amide bonds. The molecule has 4 N–H and O–H groups in total. The number of hydrogen-bond acceptors (Lipinski definition) is 8. The zero-order valence-electron chi connectivity index (χ0n) is 27.9. The van der Waals surface area contributed by atoms with Gasteiger partial charge >= 0.3 is 6.09 Å². The monoisotopic (exact) mass is 730 g/mol. The molecule has 51 heavy (non-hydrogen) atoms. The van der Waals surface area contributed by atoms with Gasteiger partial charge in [0, 0.05) is 77.7 Å². The van der Waals surface area contributed by atoms with Crippen LogP contribution in [-0.2, 0) is 17.9 Å². The Morgan fingerprint density at radius 3 is 2.41 bits per heavy atom. The summed E-state index contributed by atoms with van der Waals surface area (Å²) in [6.07, 6.45) is 1.03. The summed E-state index contributed by atoms with van der Waals surface area (Å²) >= 11 is 14.1. The minimum absolute atomic E-state index is 0.0215. The van der Waals surface area contributed by atoms with Crippen molar-refractivity contribution in [3.05, 3.63) is 105 Å². The molecule has 4 heterocycles. The molecular formula is C37H36Cl2N6O6. The van der Waals surface area contributed by atoms with Crippen molar-refractivity contribution in [2.24, 2.45) is 0 Å². The zero-order valence-corrected chi connectivity index (χ0v) is 29.4. The van der Waals surface area contributed by atoms with Gasteiger partial charge in [-0.3, -0.25) is 14.0 Å². The molecule has 0 spiro atoms. The van der Waals surface area contributed by atoms with Gasteiger partial charge < -0.3 is 30.5 Å². The Morgan fingerprint density at radius 1 is 1.04 bits per heavy atom. The first-order valence-electron chi connectivity index (χ1n) is 16.3. The lowest BCUT2D eigenvalue weighted by atomic mass is 9.97. The zero-order chi connectivity index (χ0) is 36.2. The highest BCUT2D eigenvalue weighted by atomic mass is 35.5. The largest absolute Gasteiger partial charge is 0.481 e. The van der Waals surface area contributed by atoms with Crippen LogP contribution in [0.25, 0.3) is 39.2 Å². The van der Waals surface area contributed by atoms with Crippen LogP contribution >= 0.6 is 23.2 Å². The van der Waals surface area contributed by atoms with Gasteiger partial charge in [-0.25, -0.2) is 14.8 Å². The molecule has 0 aliphatic carbocycles. The van der Waals surface area contributed by atoms with E-state index in [0.717, 1.165) is 0 Å². The molecule has 1 fully saturated rings. The van der Waals surface area contributed by atoms with E-state index in [4.69, 9.17) is 27.9 Å². The maximum atomic E-state index is 13.0. The van der Waals surface area contributed by atoms with Gasteiger partial charge in [0.25, 0.3) is 5.56 Å². The summed E-state index contributed by atoms with van der Waals surface area (Å²) in [5.41, 5.74) is 5.23. The Hall–Kier alpha value is -5.01. The van der Waals surface area contributed by atoms with Gasteiger partial charge in [-0.1, -0.05) is 59.6 Å². The number of hydrogen-bond donors (Lipinski definition) is 4. The third-order valence-electron chi connectivity index (χ3n) is 8.62. The lowest BCUT2D eigenvalue weighted by Crippen LogP contribution is -2.41. The summed E-state index contributed by atoms with van der Waals surface area (Å²) < 4.78 is 7.05. The van der Waals surface area contributed by atoms with Crippen molar-refractivity contribution in [2.75, 3.05) is 20.2 Å². The summed E-state index contributed by atoms with van der Waals surface area (Å²) in [5, 5.41) is 26.1. The van der Waals surface area contributed by atoms with Crippen LogP contribution in [0, 0.1) is 0 Å². The molecule has 0 bridgehead atoms. The Morgan fingerprint density at radius 2 is 1.75 bits per heavy atom. The molecule has 1 aliphatic rings. The van der Waals surface area contributed by atoms with E-state index in [9.17, 15) is 24.6 Å². The van der Waals surface area contributed by atoms with Crippen molar-refractivity contribution in [1.82, 2.24) is 29.9 Å². The van der Waals surface area contributed by atoms with E-state index < -0.39 is 12.2 Å². The number of ether oxygens (including phenoxy) is 1. The number of carboxylic acid groups (broad SMARTS) is 1. The topological polar surface area (TPSA) is 158 Å². The van der Waals surface area contributed by atoms with Crippen molar-refractivity contribution in [1.29, 1.82) is 0 Å². The summed E-state index contributed by atoms with van der Waals surface area (Å²) in [6.45, 7) is 2.59. The molecule has 5 aromatic rings. The van der Waals surface area contributed by atoms with Crippen LogP contribution in [0.15, 0.2) is 77.7 Å². The van der Waals surface area contributed by atoms with E-state index in [1.54, 1.807) is 31.3 Å². The molecule has 12 nitrogen and oxygen atoms in total. The van der Waals surface area contributed by atoms with Crippen LogP contribution in [0.5, 0.6) is 5.88 Å². The van der Waals surface area contributed by atoms with E-state index in [-0.39, 0.29) is 36.5 Å². The average Bonchev–Trinajstić information content (AvgIpc) is 3.52. The number of amides is 2. The first kappa shape index (κ1) is 35.8. The van der Waals surface area contributed by atoms with Crippen LogP contribution in [0.4, 0.5) is 4.79 Å². The smallest absolute Gasteiger partial charge is 0.407 e. The number of rotatable bonds is 12. The predicted molar refractivity (Wildman–Crippen MR) is 195 cm³/mol. The van der Waals surface area contributed by atoms with Crippen LogP contribution in [0.2, 0.25) is 10.0 Å². The maximum absolute atomic E-state index is 13.0. The lowest BCUT2D eigenvalue weighted by molar-refractivity contribution is -0.119. The molecule has 6 rings (SSSR count). The van der Waals surface area contributed by atoms with E-state index in [1.807, 2.05) is 42.5 Å². The van der Waals surface area contributed by atoms with Gasteiger partial charge in [-0.2, -0.15) is 0 Å². The number of carbonyl (C=O) groups is 2. The van der Waals surface area contributed by atoms with Crippen LogP contribution < -0.4 is 20.9 Å². The van der Waals surface area contributed by atoms with E-state index in [1.165, 1.54) is 22.5 Å². The maximum Gasteiger partial charge on any atom is 0.407 e. The second kappa shape index (κ2) is 15.5. The van der Waals surface area contributed by atoms with Crippen molar-refractivity contribution >= 4 is 40.8 Å². The SMILES string of the molecule is COc1nc(-c2cccc(-c3cccc(-c4ccc5nc(CNC[C@H](C)O)cc(=O)n5c4)c3Cl)c2Cl)ccc1CN(C[C@@H]1CCC(=O)N1)C(=O)O. The number of pyridine rings is 2. The molecule has 1 aliphatic heterocycles. The van der Waals surface area contributed by atoms with Crippen molar-refractivity contribution in [3.8, 4) is 39.4 Å². The minimum Gasteiger partial charge on any atom is -0.481 e. The highest BCUT2D eigenvalue weighted by Gasteiger charge is 2.26. The average molecular weight is 732 g/mol. The number of halogens is 2. The fourth-order valence-corrected chi connectivity index (χ4v) is 6.79. The highest BCUT2D eigenvalue weighted by Crippen LogP contribution is 2.42. The molecule has 0 radical (unpaired) electrons. The molecule has 0 saturated carbocycles. The van der Waals surface area contributed by atoms with Gasteiger partial charge in [0.1, 0.15) is 5.65 Å². The number of aliphatic hydroxyl groups excluding tert-OH is 1. The molecule has 0 unspecified atom stereocenters. The number of methoxy groups -OCH3 is 1. The van der Waals surface area contributed by atoms with Crippen LogP contribution in [0.3, 0.4) is 0 Å². The molecular weight excluding hydrogens is 695 g/mol. The Kier molecular flexibility index (Phi) is 10.9. The van der Waals surface area contributed by atoms with Crippen molar-refractivity contribution < 1.29 is 24.5 Å². The van der Waals surface area contributed by atoms with Crippen molar-refractivity contribution in [2.45, 2.75) is 45.0 Å². The second-order valence-electron chi connectivity index (χ2n) is 12.4. The van der Waals surface area contributed by atoms with E-state index >= 15 is 0 Å². The van der Waals surface area contributed by atoms with Crippen molar-refractivity contribution in [3.63, 3.8) is 0 Å². The first-order valence-corrected chi connectivity index (χ1v) is 17.1. The number of nitrogens with one attached hydrogen (secondary N) is 2. The number of benzene rings is 2.